The maximum Gasteiger partial charge on any atom is 0.269 e. The Morgan fingerprint density at radius 1 is 1.14 bits per heavy atom. The summed E-state index contributed by atoms with van der Waals surface area (Å²) in [7, 11) is -2.62. The molecule has 194 valence electrons. The van der Waals surface area contributed by atoms with Crippen LogP contribution in [0, 0.1) is 10.1 Å². The molecule has 3 aromatic rings. The van der Waals surface area contributed by atoms with Gasteiger partial charge in [0.25, 0.3) is 15.7 Å². The average Bonchev–Trinajstić information content (AvgIpc) is 2.87. The molecule has 3 aromatic carbocycles. The molecule has 0 aliphatic carbocycles. The van der Waals surface area contributed by atoms with Crippen molar-refractivity contribution in [2.45, 2.75) is 36.8 Å². The molecule has 0 spiro atoms. The largest absolute Gasteiger partial charge is 0.497 e. The van der Waals surface area contributed by atoms with E-state index >= 15 is 0 Å². The van der Waals surface area contributed by atoms with Gasteiger partial charge in [-0.05, 0) is 56.3 Å². The number of rotatable bonds is 8. The van der Waals surface area contributed by atoms with Crippen molar-refractivity contribution in [1.82, 2.24) is 5.32 Å². The number of anilines is 1. The van der Waals surface area contributed by atoms with Crippen molar-refractivity contribution in [3.63, 3.8) is 0 Å². The number of benzene rings is 3. The van der Waals surface area contributed by atoms with Gasteiger partial charge in [0.2, 0.25) is 5.91 Å². The van der Waals surface area contributed by atoms with Crippen LogP contribution >= 0.6 is 0 Å². The summed E-state index contributed by atoms with van der Waals surface area (Å²) in [5.74, 6) is 0.654. The molecule has 0 bridgehead atoms. The van der Waals surface area contributed by atoms with Crippen molar-refractivity contribution < 1.29 is 27.6 Å². The highest BCUT2D eigenvalue weighted by atomic mass is 32.2. The molecule has 1 heterocycles. The molecule has 11 heteroatoms. The van der Waals surface area contributed by atoms with Gasteiger partial charge >= 0.3 is 0 Å². The van der Waals surface area contributed by atoms with Gasteiger partial charge in [0.15, 0.2) is 0 Å². The third-order valence-electron chi connectivity index (χ3n) is 5.98. The van der Waals surface area contributed by atoms with Gasteiger partial charge in [-0.3, -0.25) is 19.2 Å². The van der Waals surface area contributed by atoms with Crippen molar-refractivity contribution in [1.29, 1.82) is 0 Å². The van der Waals surface area contributed by atoms with E-state index in [1.807, 2.05) is 13.8 Å². The van der Waals surface area contributed by atoms with Crippen LogP contribution in [0.25, 0.3) is 0 Å². The van der Waals surface area contributed by atoms with Gasteiger partial charge in [-0.15, -0.1) is 0 Å². The summed E-state index contributed by atoms with van der Waals surface area (Å²) < 4.78 is 39.4. The summed E-state index contributed by atoms with van der Waals surface area (Å²) in [6.07, 6.45) is 0.446. The Hall–Kier alpha value is -4.12. The van der Waals surface area contributed by atoms with E-state index < -0.39 is 39.0 Å². The molecule has 1 atom stereocenters. The number of hydrogen-bond donors (Lipinski definition) is 1. The van der Waals surface area contributed by atoms with Crippen molar-refractivity contribution in [3.05, 3.63) is 88.5 Å². The van der Waals surface area contributed by atoms with Gasteiger partial charge in [-0.2, -0.15) is 0 Å². The molecule has 1 aliphatic heterocycles. The summed E-state index contributed by atoms with van der Waals surface area (Å²) >= 11 is 0. The quantitative estimate of drug-likeness (QED) is 0.344. The maximum atomic E-state index is 13.5. The number of nitrogens with one attached hydrogen (secondary N) is 1. The molecule has 1 aliphatic rings. The van der Waals surface area contributed by atoms with Crippen LogP contribution < -0.4 is 19.1 Å². The average molecular weight is 526 g/mol. The van der Waals surface area contributed by atoms with E-state index in [2.05, 4.69) is 5.32 Å². The second-order valence-corrected chi connectivity index (χ2v) is 11.1. The lowest BCUT2D eigenvalue weighted by Crippen LogP contribution is -2.45. The van der Waals surface area contributed by atoms with E-state index in [9.17, 15) is 23.3 Å². The summed E-state index contributed by atoms with van der Waals surface area (Å²) in [6.45, 7) is 3.27. The monoisotopic (exact) mass is 525 g/mol. The number of non-ortho nitro benzene ring substituents is 1. The van der Waals surface area contributed by atoms with Crippen LogP contribution in [0.3, 0.4) is 0 Å². The number of carbonyl (C=O) groups is 1. The molecule has 0 fully saturated rings. The van der Waals surface area contributed by atoms with Crippen LogP contribution in [0.1, 0.15) is 31.9 Å². The SMILES string of the molecule is COc1ccc2c(c1)C(NC(=O)CN(c1ccc([N+](=O)[O-])cc1)S(=O)(=O)c1ccccc1)CC(C)(C)O2. The topological polar surface area (TPSA) is 128 Å². The third kappa shape index (κ3) is 5.67. The summed E-state index contributed by atoms with van der Waals surface area (Å²) in [5.41, 5.74) is 0.0762. The summed E-state index contributed by atoms with van der Waals surface area (Å²) in [5, 5.41) is 14.0. The van der Waals surface area contributed by atoms with Gasteiger partial charge in [-0.25, -0.2) is 8.42 Å². The number of nitro benzene ring substituents is 1. The molecule has 0 saturated carbocycles. The number of sulfonamides is 1. The smallest absolute Gasteiger partial charge is 0.269 e. The van der Waals surface area contributed by atoms with Gasteiger partial charge in [0.05, 0.1) is 28.7 Å². The minimum Gasteiger partial charge on any atom is -0.497 e. The number of amides is 1. The second kappa shape index (κ2) is 10.1. The van der Waals surface area contributed by atoms with E-state index in [4.69, 9.17) is 9.47 Å². The molecule has 1 amide bonds. The Balaban J connectivity index is 1.66. The molecule has 0 aromatic heterocycles. The van der Waals surface area contributed by atoms with Crippen molar-refractivity contribution in [3.8, 4) is 11.5 Å². The van der Waals surface area contributed by atoms with E-state index in [0.29, 0.717) is 17.9 Å². The lowest BCUT2D eigenvalue weighted by molar-refractivity contribution is -0.384. The Morgan fingerprint density at radius 2 is 1.81 bits per heavy atom. The van der Waals surface area contributed by atoms with Crippen LogP contribution in [0.15, 0.2) is 77.7 Å². The second-order valence-electron chi connectivity index (χ2n) is 9.19. The lowest BCUT2D eigenvalue weighted by atomic mass is 9.89. The van der Waals surface area contributed by atoms with Gasteiger partial charge in [0.1, 0.15) is 23.6 Å². The molecule has 1 unspecified atom stereocenters. The van der Waals surface area contributed by atoms with E-state index in [1.54, 1.807) is 43.5 Å². The Kier molecular flexibility index (Phi) is 7.08. The number of nitro groups is 1. The highest BCUT2D eigenvalue weighted by Gasteiger charge is 2.36. The molecular weight excluding hydrogens is 498 g/mol. The number of methoxy groups -OCH3 is 1. The van der Waals surface area contributed by atoms with E-state index in [0.717, 1.165) is 9.87 Å². The standard InChI is InChI=1S/C26H27N3O7S/c1-26(2)16-23(22-15-20(35-3)13-14-24(22)36-26)27-25(30)17-28(18-9-11-19(12-10-18)29(31)32)37(33,34)21-7-5-4-6-8-21/h4-15,23H,16-17H2,1-3H3,(H,27,30). The van der Waals surface area contributed by atoms with Gasteiger partial charge in [0, 0.05) is 24.1 Å². The predicted molar refractivity (Wildman–Crippen MR) is 137 cm³/mol. The van der Waals surface area contributed by atoms with E-state index in [-0.39, 0.29) is 16.3 Å². The van der Waals surface area contributed by atoms with Crippen molar-refractivity contribution in [2.75, 3.05) is 18.0 Å². The summed E-state index contributed by atoms with van der Waals surface area (Å²) in [4.78, 5) is 23.8. The fourth-order valence-corrected chi connectivity index (χ4v) is 5.68. The Labute approximate surface area is 215 Å². The molecule has 10 nitrogen and oxygen atoms in total. The highest BCUT2D eigenvalue weighted by Crippen LogP contribution is 2.41. The van der Waals surface area contributed by atoms with Gasteiger partial charge in [-0.1, -0.05) is 18.2 Å². The van der Waals surface area contributed by atoms with Crippen molar-refractivity contribution in [2.24, 2.45) is 0 Å². The molecule has 0 saturated heterocycles. The van der Waals surface area contributed by atoms with E-state index in [1.165, 1.54) is 36.4 Å². The summed E-state index contributed by atoms with van der Waals surface area (Å²) in [6, 6.07) is 17.6. The van der Waals surface area contributed by atoms with Crippen LogP contribution in [-0.2, 0) is 14.8 Å². The number of hydrogen-bond acceptors (Lipinski definition) is 7. The minimum absolute atomic E-state index is 0.0107. The van der Waals surface area contributed by atoms with Crippen LogP contribution in [-0.4, -0.2) is 38.5 Å². The third-order valence-corrected chi connectivity index (χ3v) is 7.76. The predicted octanol–water partition coefficient (Wildman–Crippen LogP) is 4.22. The van der Waals surface area contributed by atoms with Crippen molar-refractivity contribution >= 4 is 27.3 Å². The highest BCUT2D eigenvalue weighted by molar-refractivity contribution is 7.92. The Morgan fingerprint density at radius 3 is 2.43 bits per heavy atom. The zero-order chi connectivity index (χ0) is 26.8. The number of nitrogens with zero attached hydrogens (tertiary/aromatic N) is 2. The van der Waals surface area contributed by atoms with Crippen LogP contribution in [0.4, 0.5) is 11.4 Å². The lowest BCUT2D eigenvalue weighted by Gasteiger charge is -2.38. The van der Waals surface area contributed by atoms with Crippen LogP contribution in [0.5, 0.6) is 11.5 Å². The van der Waals surface area contributed by atoms with Crippen LogP contribution in [0.2, 0.25) is 0 Å². The molecule has 0 radical (unpaired) electrons. The first-order valence-electron chi connectivity index (χ1n) is 11.5. The maximum absolute atomic E-state index is 13.5. The first-order chi connectivity index (χ1) is 17.5. The van der Waals surface area contributed by atoms with Gasteiger partial charge < -0.3 is 14.8 Å². The zero-order valence-corrected chi connectivity index (χ0v) is 21.4. The Bertz CT molecular complexity index is 1410. The molecule has 37 heavy (non-hydrogen) atoms. The first-order valence-corrected chi connectivity index (χ1v) is 12.9. The first kappa shape index (κ1) is 26.0. The normalized spacial score (nSPS) is 16.1. The number of ether oxygens (including phenoxy) is 2. The minimum atomic E-state index is -4.16. The fourth-order valence-electron chi connectivity index (χ4n) is 4.23. The molecule has 1 N–H and O–H groups in total. The fraction of sp³-hybridized carbons (Fsp3) is 0.269. The zero-order valence-electron chi connectivity index (χ0n) is 20.6. The number of fused-ring (bicyclic) bond motifs is 1. The molecular formula is C26H27N3O7S. The molecule has 4 rings (SSSR count). The number of carbonyl (C=O) groups excluding carboxylic acids is 1.